The summed E-state index contributed by atoms with van der Waals surface area (Å²) in [4.78, 5) is 16.0. The molecular formula is C61H114NOP. The molecule has 0 spiro atoms. The summed E-state index contributed by atoms with van der Waals surface area (Å²) in [6.07, 6.45) is 28.3. The quantitative estimate of drug-likeness (QED) is 0.0648. The molecule has 3 heteroatoms. The zero-order valence-electron chi connectivity index (χ0n) is 46.8. The Labute approximate surface area is 404 Å². The molecular weight excluding hydrogens is 794 g/mol. The van der Waals surface area contributed by atoms with Gasteiger partial charge in [0.2, 0.25) is 0 Å². The lowest BCUT2D eigenvalue weighted by molar-refractivity contribution is -0.120. The number of Topliss-reactive ketones (excluding diaryl/α,β-unsaturated/α-hetero) is 1. The van der Waals surface area contributed by atoms with Crippen LogP contribution in [0.3, 0.4) is 0 Å². The van der Waals surface area contributed by atoms with Gasteiger partial charge in [0.15, 0.2) is 0 Å². The van der Waals surface area contributed by atoms with E-state index < -0.39 is 0 Å². The average molecular weight is 909 g/mol. The molecule has 4 rings (SSSR count). The first-order valence-corrected chi connectivity index (χ1v) is 30.5. The third kappa shape index (κ3) is 19.9. The second-order valence-corrected chi connectivity index (χ2v) is 24.6. The highest BCUT2D eigenvalue weighted by Crippen LogP contribution is 2.54. The van der Waals surface area contributed by atoms with Gasteiger partial charge >= 0.3 is 0 Å². The maximum absolute atomic E-state index is 13.3. The SMILES string of the molecule is C=C(CCC(=O)C1CC1CCC1CCN(CCP(C)CC)CC1)CC(C)c1c(C)c(C)c2c(c1C)CCC(C)(CCCC(C)CCCC(C)CCCC(C)C)C2CC.CC.CC.CC. The molecule has 1 saturated carbocycles. The fraction of sp³-hybridized carbons (Fsp3) is 0.852. The molecule has 0 bridgehead atoms. The van der Waals surface area contributed by atoms with E-state index in [9.17, 15) is 4.79 Å². The smallest absolute Gasteiger partial charge is 0.136 e. The Hall–Kier alpha value is -0.980. The van der Waals surface area contributed by atoms with Crippen molar-refractivity contribution in [2.75, 3.05) is 38.6 Å². The number of carbonyl (C=O) groups is 1. The Kier molecular flexibility index (Phi) is 31.2. The minimum Gasteiger partial charge on any atom is -0.303 e. The van der Waals surface area contributed by atoms with E-state index in [1.54, 1.807) is 27.8 Å². The van der Waals surface area contributed by atoms with Crippen LogP contribution in [-0.2, 0) is 11.2 Å². The van der Waals surface area contributed by atoms with Crippen LogP contribution in [0.1, 0.15) is 264 Å². The van der Waals surface area contributed by atoms with Gasteiger partial charge < -0.3 is 4.90 Å². The number of rotatable bonds is 27. The summed E-state index contributed by atoms with van der Waals surface area (Å²) in [5.41, 5.74) is 11.3. The number of piperidine rings is 1. The summed E-state index contributed by atoms with van der Waals surface area (Å²) in [6.45, 7) is 49.8. The minimum atomic E-state index is 0.247. The standard InChI is InChI=1S/C55H96NOP.3C2H6/c1-14-51-54-45(10)44(9)53(46(11)49(54)28-32-55(51,12)31-18-23-41(6)22-17-21-40(5)20-16-19-39(3)4)43(8)37-42(7)24-27-52(57)50-38-48(50)26-25-47-29-33-56(34-30-47)35-36-58(13)15-2;3*1-2/h39-41,43,47-48,50-51H,7,14-38H2,1-6,8-13H3;3*1-2H3. The highest BCUT2D eigenvalue weighted by Gasteiger charge is 2.42. The van der Waals surface area contributed by atoms with Crippen molar-refractivity contribution in [3.63, 3.8) is 0 Å². The first kappa shape index (κ1) is 61.0. The molecule has 64 heavy (non-hydrogen) atoms. The molecule has 0 N–H and O–H groups in total. The number of fused-ring (bicyclic) bond motifs is 1. The van der Waals surface area contributed by atoms with Gasteiger partial charge in [0.25, 0.3) is 0 Å². The molecule has 1 aliphatic heterocycles. The average Bonchev–Trinajstić information content (AvgIpc) is 4.08. The number of nitrogens with zero attached hydrogens (tertiary/aromatic N) is 1. The summed E-state index contributed by atoms with van der Waals surface area (Å²) in [7, 11) is 0.247. The topological polar surface area (TPSA) is 20.3 Å². The highest BCUT2D eigenvalue weighted by molar-refractivity contribution is 7.56. The van der Waals surface area contributed by atoms with Crippen LogP contribution < -0.4 is 0 Å². The van der Waals surface area contributed by atoms with Crippen molar-refractivity contribution in [3.8, 4) is 0 Å². The van der Waals surface area contributed by atoms with E-state index in [1.807, 2.05) is 41.5 Å². The summed E-state index contributed by atoms with van der Waals surface area (Å²) in [5.74, 6) is 6.12. The number of hydrogen-bond donors (Lipinski definition) is 0. The molecule has 1 saturated heterocycles. The molecule has 3 aliphatic rings. The molecule has 2 aliphatic carbocycles. The van der Waals surface area contributed by atoms with Gasteiger partial charge in [-0.1, -0.05) is 167 Å². The molecule has 8 atom stereocenters. The number of benzene rings is 1. The zero-order chi connectivity index (χ0) is 48.6. The second-order valence-electron chi connectivity index (χ2n) is 21.8. The van der Waals surface area contributed by atoms with Gasteiger partial charge in [-0.05, 0) is 197 Å². The number of ketones is 1. The fourth-order valence-electron chi connectivity index (χ4n) is 12.1. The molecule has 2 nitrogen and oxygen atoms in total. The first-order valence-electron chi connectivity index (χ1n) is 28.3. The van der Waals surface area contributed by atoms with Crippen LogP contribution in [0.5, 0.6) is 0 Å². The van der Waals surface area contributed by atoms with Gasteiger partial charge in [-0.15, -0.1) is 7.92 Å². The number of carbonyl (C=O) groups excluding carboxylic acids is 1. The van der Waals surface area contributed by atoms with Crippen molar-refractivity contribution < 1.29 is 4.79 Å². The highest BCUT2D eigenvalue weighted by atomic mass is 31.1. The van der Waals surface area contributed by atoms with Gasteiger partial charge in [-0.2, -0.15) is 0 Å². The maximum Gasteiger partial charge on any atom is 0.136 e. The van der Waals surface area contributed by atoms with Crippen LogP contribution >= 0.6 is 7.92 Å². The third-order valence-electron chi connectivity index (χ3n) is 16.6. The lowest BCUT2D eigenvalue weighted by Gasteiger charge is -2.45. The van der Waals surface area contributed by atoms with E-state index in [4.69, 9.17) is 0 Å². The Bertz CT molecular complexity index is 1420. The molecule has 0 radical (unpaired) electrons. The molecule has 0 aromatic heterocycles. The van der Waals surface area contributed by atoms with Gasteiger partial charge in [0.1, 0.15) is 5.78 Å². The monoisotopic (exact) mass is 908 g/mol. The van der Waals surface area contributed by atoms with Crippen LogP contribution in [0.4, 0.5) is 0 Å². The predicted molar refractivity (Wildman–Crippen MR) is 294 cm³/mol. The van der Waals surface area contributed by atoms with Crippen molar-refractivity contribution in [1.82, 2.24) is 4.90 Å². The Balaban J connectivity index is 0.00000327. The van der Waals surface area contributed by atoms with Crippen molar-refractivity contribution in [3.05, 3.63) is 45.5 Å². The van der Waals surface area contributed by atoms with Crippen LogP contribution in [0.2, 0.25) is 0 Å². The van der Waals surface area contributed by atoms with E-state index in [0.717, 1.165) is 42.9 Å². The summed E-state index contributed by atoms with van der Waals surface area (Å²) >= 11 is 0. The fourth-order valence-corrected chi connectivity index (χ4v) is 13.0. The van der Waals surface area contributed by atoms with Gasteiger partial charge in [0, 0.05) is 18.9 Å². The number of hydrogen-bond acceptors (Lipinski definition) is 2. The van der Waals surface area contributed by atoms with Crippen LogP contribution in [0.25, 0.3) is 0 Å². The van der Waals surface area contributed by atoms with E-state index in [2.05, 4.69) is 94.3 Å². The molecule has 1 heterocycles. The van der Waals surface area contributed by atoms with Crippen molar-refractivity contribution >= 4 is 13.7 Å². The first-order chi connectivity index (χ1) is 30.6. The second kappa shape index (κ2) is 32.7. The van der Waals surface area contributed by atoms with Crippen LogP contribution in [-0.4, -0.2) is 49.3 Å². The van der Waals surface area contributed by atoms with Gasteiger partial charge in [0.05, 0.1) is 0 Å². The Morgan fingerprint density at radius 2 is 1.38 bits per heavy atom. The van der Waals surface area contributed by atoms with Gasteiger partial charge in [-0.3, -0.25) is 4.79 Å². The summed E-state index contributed by atoms with van der Waals surface area (Å²) < 4.78 is 0. The van der Waals surface area contributed by atoms with Crippen molar-refractivity contribution in [1.29, 1.82) is 0 Å². The molecule has 8 unspecified atom stereocenters. The van der Waals surface area contributed by atoms with Gasteiger partial charge in [-0.25, -0.2) is 0 Å². The summed E-state index contributed by atoms with van der Waals surface area (Å²) in [5, 5.41) is 0. The molecule has 0 amide bonds. The van der Waals surface area contributed by atoms with Crippen LogP contribution in [0, 0.1) is 61.7 Å². The van der Waals surface area contributed by atoms with E-state index in [-0.39, 0.29) is 7.92 Å². The lowest BCUT2D eigenvalue weighted by atomic mass is 9.59. The molecule has 1 aromatic rings. The maximum atomic E-state index is 13.3. The predicted octanol–water partition coefficient (Wildman–Crippen LogP) is 19.2. The van der Waals surface area contributed by atoms with E-state index in [1.165, 1.54) is 146 Å². The lowest BCUT2D eigenvalue weighted by Crippen LogP contribution is -2.35. The van der Waals surface area contributed by atoms with Crippen molar-refractivity contribution in [2.24, 2.45) is 40.9 Å². The van der Waals surface area contributed by atoms with E-state index in [0.29, 0.717) is 41.3 Å². The van der Waals surface area contributed by atoms with Crippen molar-refractivity contribution in [2.45, 2.75) is 258 Å². The molecule has 2 fully saturated rings. The molecule has 1 aromatic carbocycles. The van der Waals surface area contributed by atoms with Crippen LogP contribution in [0.15, 0.2) is 12.2 Å². The Morgan fingerprint density at radius 3 is 1.94 bits per heavy atom. The number of likely N-dealkylation sites (tertiary alicyclic amines) is 1. The molecule has 374 valence electrons. The summed E-state index contributed by atoms with van der Waals surface area (Å²) in [6, 6.07) is 0. The third-order valence-corrected chi connectivity index (χ3v) is 18.6. The van der Waals surface area contributed by atoms with E-state index >= 15 is 0 Å². The normalized spacial score (nSPS) is 22.7. The number of allylic oxidation sites excluding steroid dienone is 1. The largest absolute Gasteiger partial charge is 0.303 e. The Morgan fingerprint density at radius 1 is 0.797 bits per heavy atom. The minimum absolute atomic E-state index is 0.247. The zero-order valence-corrected chi connectivity index (χ0v) is 47.7.